The molecule has 0 amide bonds. The molecule has 1 aromatic rings. The maximum atomic E-state index is 2.38. The Kier molecular flexibility index (Phi) is 2.10. The van der Waals surface area contributed by atoms with Gasteiger partial charge in [-0.05, 0) is 31.6 Å². The summed E-state index contributed by atoms with van der Waals surface area (Å²) in [7, 11) is 0. The molecule has 1 aromatic carbocycles. The van der Waals surface area contributed by atoms with E-state index in [0.29, 0.717) is 9.49 Å². The second-order valence-electron chi connectivity index (χ2n) is 5.27. The van der Waals surface area contributed by atoms with E-state index in [1.165, 1.54) is 15.4 Å². The number of hydrogen-bond donors (Lipinski definition) is 0. The molecule has 0 atom stereocenters. The van der Waals surface area contributed by atoms with E-state index >= 15 is 0 Å². The smallest absolute Gasteiger partial charge is 0.101 e. The van der Waals surface area contributed by atoms with E-state index in [0.717, 1.165) is 0 Å². The summed E-state index contributed by atoms with van der Waals surface area (Å²) >= 11 is 4.11. The third-order valence-electron chi connectivity index (χ3n) is 3.57. The van der Waals surface area contributed by atoms with Gasteiger partial charge in [0.1, 0.15) is 4.08 Å². The molecule has 0 saturated heterocycles. The Morgan fingerprint density at radius 3 is 1.88 bits per heavy atom. The molecule has 16 heavy (non-hydrogen) atoms. The summed E-state index contributed by atoms with van der Waals surface area (Å²) < 4.78 is 0.301. The zero-order chi connectivity index (χ0) is 11.6. The van der Waals surface area contributed by atoms with Crippen molar-refractivity contribution in [3.8, 4) is 0 Å². The Morgan fingerprint density at radius 1 is 1.00 bits per heavy atom. The minimum atomic E-state index is 0.301. The van der Waals surface area contributed by atoms with Gasteiger partial charge in [0, 0.05) is 15.2 Å². The van der Waals surface area contributed by atoms with Crippen molar-refractivity contribution in [3.05, 3.63) is 35.4 Å². The highest BCUT2D eigenvalue weighted by molar-refractivity contribution is 8.21. The molecule has 2 heteroatoms. The van der Waals surface area contributed by atoms with E-state index in [1.807, 2.05) is 0 Å². The summed E-state index contributed by atoms with van der Waals surface area (Å²) in [6, 6.07) is 8.78. The molecule has 1 spiro atoms. The first-order chi connectivity index (χ1) is 7.49. The number of fused-ring (bicyclic) bond motifs is 1. The molecule has 1 aliphatic carbocycles. The van der Waals surface area contributed by atoms with Gasteiger partial charge in [-0.1, -0.05) is 31.6 Å². The standard InChI is InChI=1S/C14H16S2/c1-9(2)12-13(3,4)14(12)15-10-7-5-6-8-11(10)16-14/h5-8H,1-4H3. The molecule has 0 bridgehead atoms. The molecule has 1 fully saturated rings. The molecule has 0 radical (unpaired) electrons. The topological polar surface area (TPSA) is 0 Å². The molecule has 3 rings (SSSR count). The fourth-order valence-corrected chi connectivity index (χ4v) is 6.79. The van der Waals surface area contributed by atoms with Crippen molar-refractivity contribution in [1.29, 1.82) is 0 Å². The monoisotopic (exact) mass is 248 g/mol. The second kappa shape index (κ2) is 3.11. The molecule has 0 nitrogen and oxygen atoms in total. The minimum absolute atomic E-state index is 0.301. The van der Waals surface area contributed by atoms with Gasteiger partial charge in [-0.15, -0.1) is 23.5 Å². The first kappa shape index (κ1) is 10.8. The van der Waals surface area contributed by atoms with Crippen LogP contribution < -0.4 is 0 Å². The molecule has 0 aromatic heterocycles. The SMILES string of the molecule is CC(C)=C1C(C)(C)C12Sc1ccccc1S2. The first-order valence-electron chi connectivity index (χ1n) is 5.64. The highest BCUT2D eigenvalue weighted by Crippen LogP contribution is 2.81. The molecule has 2 aliphatic rings. The van der Waals surface area contributed by atoms with Crippen LogP contribution in [0.25, 0.3) is 0 Å². The predicted molar refractivity (Wildman–Crippen MR) is 73.0 cm³/mol. The molecule has 1 aliphatic heterocycles. The van der Waals surface area contributed by atoms with Gasteiger partial charge in [0.05, 0.1) is 0 Å². The summed E-state index contributed by atoms with van der Waals surface area (Å²) in [4.78, 5) is 2.91. The van der Waals surface area contributed by atoms with Gasteiger partial charge in [-0.2, -0.15) is 0 Å². The van der Waals surface area contributed by atoms with E-state index in [1.54, 1.807) is 5.57 Å². The van der Waals surface area contributed by atoms with Crippen molar-refractivity contribution in [3.63, 3.8) is 0 Å². The Balaban J connectivity index is 2.07. The third kappa shape index (κ3) is 1.15. The minimum Gasteiger partial charge on any atom is -0.101 e. The largest absolute Gasteiger partial charge is 0.101 e. The van der Waals surface area contributed by atoms with Crippen molar-refractivity contribution < 1.29 is 0 Å². The third-order valence-corrected chi connectivity index (χ3v) is 7.36. The molecule has 84 valence electrons. The zero-order valence-electron chi connectivity index (χ0n) is 10.1. The van der Waals surface area contributed by atoms with Crippen LogP contribution in [-0.2, 0) is 0 Å². The summed E-state index contributed by atoms with van der Waals surface area (Å²) in [5.74, 6) is 0. The first-order valence-corrected chi connectivity index (χ1v) is 7.28. The lowest BCUT2D eigenvalue weighted by atomic mass is 10.1. The van der Waals surface area contributed by atoms with Crippen molar-refractivity contribution in [2.24, 2.45) is 5.41 Å². The van der Waals surface area contributed by atoms with Gasteiger partial charge in [0.2, 0.25) is 0 Å². The number of allylic oxidation sites excluding steroid dienone is 1. The lowest BCUT2D eigenvalue weighted by Crippen LogP contribution is -2.01. The van der Waals surface area contributed by atoms with Crippen molar-refractivity contribution in [2.45, 2.75) is 41.6 Å². The van der Waals surface area contributed by atoms with Gasteiger partial charge in [0.15, 0.2) is 0 Å². The fourth-order valence-electron chi connectivity index (χ4n) is 2.85. The van der Waals surface area contributed by atoms with Crippen molar-refractivity contribution in [2.75, 3.05) is 0 Å². The quantitative estimate of drug-likeness (QED) is 0.595. The predicted octanol–water partition coefficient (Wildman–Crippen LogP) is 4.96. The molecule has 0 unspecified atom stereocenters. The highest BCUT2D eigenvalue weighted by atomic mass is 32.2. The van der Waals surface area contributed by atoms with Crippen molar-refractivity contribution in [1.82, 2.24) is 0 Å². The number of benzene rings is 1. The van der Waals surface area contributed by atoms with Gasteiger partial charge < -0.3 is 0 Å². The summed E-state index contributed by atoms with van der Waals surface area (Å²) in [5, 5.41) is 0. The van der Waals surface area contributed by atoms with Crippen molar-refractivity contribution >= 4 is 23.5 Å². The molecular formula is C14H16S2. The zero-order valence-corrected chi connectivity index (χ0v) is 11.8. The Hall–Kier alpha value is -0.340. The van der Waals surface area contributed by atoms with E-state index in [9.17, 15) is 0 Å². The van der Waals surface area contributed by atoms with E-state index in [4.69, 9.17) is 0 Å². The molecule has 1 heterocycles. The number of hydrogen-bond acceptors (Lipinski definition) is 2. The van der Waals surface area contributed by atoms with Gasteiger partial charge in [-0.3, -0.25) is 0 Å². The van der Waals surface area contributed by atoms with Crippen LogP contribution in [0.4, 0.5) is 0 Å². The van der Waals surface area contributed by atoms with Crippen LogP contribution in [0.1, 0.15) is 27.7 Å². The summed E-state index contributed by atoms with van der Waals surface area (Å²) in [6.45, 7) is 9.24. The normalized spacial score (nSPS) is 23.4. The Morgan fingerprint density at radius 2 is 1.50 bits per heavy atom. The van der Waals surface area contributed by atoms with Crippen LogP contribution >= 0.6 is 23.5 Å². The second-order valence-corrected chi connectivity index (χ2v) is 8.04. The van der Waals surface area contributed by atoms with E-state index < -0.39 is 0 Å². The average Bonchev–Trinajstić information content (AvgIpc) is 2.55. The van der Waals surface area contributed by atoms with E-state index in [2.05, 4.69) is 75.5 Å². The maximum Gasteiger partial charge on any atom is 0.101 e. The average molecular weight is 248 g/mol. The van der Waals surface area contributed by atoms with Gasteiger partial charge >= 0.3 is 0 Å². The summed E-state index contributed by atoms with van der Waals surface area (Å²) in [5.41, 5.74) is 3.49. The van der Waals surface area contributed by atoms with Crippen LogP contribution in [0.15, 0.2) is 45.2 Å². The number of rotatable bonds is 0. The molecule has 0 N–H and O–H groups in total. The maximum absolute atomic E-state index is 2.38. The van der Waals surface area contributed by atoms with Gasteiger partial charge in [-0.25, -0.2) is 0 Å². The highest BCUT2D eigenvalue weighted by Gasteiger charge is 2.70. The number of thioether (sulfide) groups is 2. The van der Waals surface area contributed by atoms with Crippen LogP contribution in [0, 0.1) is 5.41 Å². The van der Waals surface area contributed by atoms with Crippen LogP contribution in [0.5, 0.6) is 0 Å². The van der Waals surface area contributed by atoms with Crippen LogP contribution in [-0.4, -0.2) is 4.08 Å². The van der Waals surface area contributed by atoms with Crippen LogP contribution in [0.2, 0.25) is 0 Å². The lowest BCUT2D eigenvalue weighted by molar-refractivity contribution is 0.676. The Bertz CT molecular complexity index is 468. The lowest BCUT2D eigenvalue weighted by Gasteiger charge is -2.08. The van der Waals surface area contributed by atoms with E-state index in [-0.39, 0.29) is 0 Å². The summed E-state index contributed by atoms with van der Waals surface area (Å²) in [6.07, 6.45) is 0. The molecular weight excluding hydrogens is 232 g/mol. The molecule has 1 saturated carbocycles. The van der Waals surface area contributed by atoms with Gasteiger partial charge in [0.25, 0.3) is 0 Å². The van der Waals surface area contributed by atoms with Crippen LogP contribution in [0.3, 0.4) is 0 Å². The Labute approximate surface area is 106 Å². The fraction of sp³-hybridized carbons (Fsp3) is 0.429.